The van der Waals surface area contributed by atoms with E-state index in [-0.39, 0.29) is 24.6 Å². The van der Waals surface area contributed by atoms with Gasteiger partial charge in [-0.3, -0.25) is 4.79 Å². The third kappa shape index (κ3) is 4.49. The van der Waals surface area contributed by atoms with Gasteiger partial charge < -0.3 is 25.6 Å². The first-order chi connectivity index (χ1) is 16.0. The quantitative estimate of drug-likeness (QED) is 0.474. The largest absolute Gasteiger partial charge is 0.493 e. The SMILES string of the molecule is O=C(NCC1(O)CCOc2ccccc21)c1cccc2cnc(NC3CCC(O)CC3)nc12. The highest BCUT2D eigenvalue weighted by atomic mass is 16.5. The Morgan fingerprint density at radius 1 is 1.12 bits per heavy atom. The number of hydrogen-bond donors (Lipinski definition) is 4. The van der Waals surface area contributed by atoms with Gasteiger partial charge in [0.05, 0.1) is 30.3 Å². The minimum Gasteiger partial charge on any atom is -0.493 e. The zero-order valence-electron chi connectivity index (χ0n) is 18.3. The van der Waals surface area contributed by atoms with Gasteiger partial charge in [-0.2, -0.15) is 0 Å². The smallest absolute Gasteiger partial charge is 0.253 e. The fraction of sp³-hybridized carbons (Fsp3) is 0.400. The lowest BCUT2D eigenvalue weighted by molar-refractivity contribution is -0.00159. The van der Waals surface area contributed by atoms with Crippen molar-refractivity contribution < 1.29 is 19.7 Å². The monoisotopic (exact) mass is 448 g/mol. The van der Waals surface area contributed by atoms with Crippen molar-refractivity contribution in [3.8, 4) is 5.75 Å². The molecule has 172 valence electrons. The summed E-state index contributed by atoms with van der Waals surface area (Å²) in [5.74, 6) is 0.814. The summed E-state index contributed by atoms with van der Waals surface area (Å²) in [5, 5.41) is 28.0. The average molecular weight is 449 g/mol. The van der Waals surface area contributed by atoms with E-state index < -0.39 is 5.60 Å². The number of fused-ring (bicyclic) bond motifs is 2. The molecule has 3 aromatic rings. The molecule has 8 nitrogen and oxygen atoms in total. The summed E-state index contributed by atoms with van der Waals surface area (Å²) >= 11 is 0. The van der Waals surface area contributed by atoms with E-state index in [2.05, 4.69) is 20.6 Å². The molecule has 1 fully saturated rings. The van der Waals surface area contributed by atoms with Gasteiger partial charge in [-0.1, -0.05) is 30.3 Å². The van der Waals surface area contributed by atoms with Crippen LogP contribution in [-0.4, -0.2) is 51.4 Å². The number of nitrogens with zero attached hydrogens (tertiary/aromatic N) is 2. The van der Waals surface area contributed by atoms with E-state index in [0.29, 0.717) is 41.4 Å². The van der Waals surface area contributed by atoms with Crippen molar-refractivity contribution in [2.24, 2.45) is 0 Å². The van der Waals surface area contributed by atoms with Gasteiger partial charge in [0.25, 0.3) is 5.91 Å². The second kappa shape index (κ2) is 8.96. The number of carbonyl (C=O) groups is 1. The van der Waals surface area contributed by atoms with Crippen molar-refractivity contribution in [1.29, 1.82) is 0 Å². The summed E-state index contributed by atoms with van der Waals surface area (Å²) in [6, 6.07) is 13.0. The fourth-order valence-electron chi connectivity index (χ4n) is 4.66. The molecule has 1 atom stereocenters. The summed E-state index contributed by atoms with van der Waals surface area (Å²) in [6.45, 7) is 0.460. The van der Waals surface area contributed by atoms with E-state index in [9.17, 15) is 15.0 Å². The number of anilines is 1. The first-order valence-electron chi connectivity index (χ1n) is 11.5. The number of rotatable bonds is 5. The van der Waals surface area contributed by atoms with Crippen LogP contribution >= 0.6 is 0 Å². The number of hydrogen-bond acceptors (Lipinski definition) is 7. The molecular weight excluding hydrogens is 420 g/mol. The molecular formula is C25H28N4O4. The van der Waals surface area contributed by atoms with Gasteiger partial charge >= 0.3 is 0 Å². The highest BCUT2D eigenvalue weighted by Crippen LogP contribution is 2.36. The zero-order chi connectivity index (χ0) is 22.8. The van der Waals surface area contributed by atoms with E-state index in [1.54, 1.807) is 18.3 Å². The highest BCUT2D eigenvalue weighted by molar-refractivity contribution is 6.05. The van der Waals surface area contributed by atoms with Crippen LogP contribution in [0, 0.1) is 0 Å². The molecule has 1 aliphatic carbocycles. The van der Waals surface area contributed by atoms with Crippen LogP contribution in [0.1, 0.15) is 48.0 Å². The van der Waals surface area contributed by atoms with Crippen molar-refractivity contribution in [2.75, 3.05) is 18.5 Å². The van der Waals surface area contributed by atoms with Gasteiger partial charge in [0.15, 0.2) is 0 Å². The summed E-state index contributed by atoms with van der Waals surface area (Å²) in [4.78, 5) is 22.2. The molecule has 8 heteroatoms. The van der Waals surface area contributed by atoms with Crippen LogP contribution in [0.4, 0.5) is 5.95 Å². The summed E-state index contributed by atoms with van der Waals surface area (Å²) in [5.41, 5.74) is 0.479. The molecule has 33 heavy (non-hydrogen) atoms. The lowest BCUT2D eigenvalue weighted by atomic mass is 9.88. The number of nitrogens with one attached hydrogen (secondary N) is 2. The summed E-state index contributed by atoms with van der Waals surface area (Å²) in [6.07, 6.45) is 5.11. The van der Waals surface area contributed by atoms with Crippen LogP contribution in [0.2, 0.25) is 0 Å². The highest BCUT2D eigenvalue weighted by Gasteiger charge is 2.36. The number of aliphatic hydroxyl groups excluding tert-OH is 1. The van der Waals surface area contributed by atoms with Crippen LogP contribution in [0.5, 0.6) is 5.75 Å². The summed E-state index contributed by atoms with van der Waals surface area (Å²) < 4.78 is 5.64. The number of para-hydroxylation sites is 2. The minimum atomic E-state index is -1.19. The van der Waals surface area contributed by atoms with Crippen molar-refractivity contribution in [3.63, 3.8) is 0 Å². The molecule has 2 aliphatic rings. The Hall–Kier alpha value is -3.23. The van der Waals surface area contributed by atoms with Crippen LogP contribution < -0.4 is 15.4 Å². The lowest BCUT2D eigenvalue weighted by Crippen LogP contribution is -2.44. The van der Waals surface area contributed by atoms with Crippen molar-refractivity contribution in [3.05, 3.63) is 59.8 Å². The van der Waals surface area contributed by atoms with E-state index in [1.165, 1.54) is 0 Å². The number of ether oxygens (including phenoxy) is 1. The molecule has 2 heterocycles. The predicted octanol–water partition coefficient (Wildman–Crippen LogP) is 2.75. The maximum absolute atomic E-state index is 13.1. The molecule has 1 aromatic heterocycles. The molecule has 0 saturated heterocycles. The summed E-state index contributed by atoms with van der Waals surface area (Å²) in [7, 11) is 0. The average Bonchev–Trinajstić information content (AvgIpc) is 2.84. The van der Waals surface area contributed by atoms with Crippen LogP contribution in [-0.2, 0) is 5.60 Å². The second-order valence-corrected chi connectivity index (χ2v) is 8.90. The third-order valence-electron chi connectivity index (χ3n) is 6.59. The number of aliphatic hydroxyl groups is 2. The van der Waals surface area contributed by atoms with Gasteiger partial charge in [0, 0.05) is 29.6 Å². The topological polar surface area (TPSA) is 117 Å². The van der Waals surface area contributed by atoms with Gasteiger partial charge in [-0.25, -0.2) is 9.97 Å². The zero-order valence-corrected chi connectivity index (χ0v) is 18.3. The molecule has 2 aromatic carbocycles. The lowest BCUT2D eigenvalue weighted by Gasteiger charge is -2.34. The Kier molecular flexibility index (Phi) is 5.86. The van der Waals surface area contributed by atoms with Crippen LogP contribution in [0.25, 0.3) is 10.9 Å². The fourth-order valence-corrected chi connectivity index (χ4v) is 4.66. The van der Waals surface area contributed by atoms with E-state index in [0.717, 1.165) is 31.1 Å². The Bertz CT molecular complexity index is 1160. The molecule has 5 rings (SSSR count). The molecule has 0 bridgehead atoms. The van der Waals surface area contributed by atoms with Gasteiger partial charge in [-0.05, 0) is 37.8 Å². The van der Waals surface area contributed by atoms with Crippen LogP contribution in [0.15, 0.2) is 48.7 Å². The maximum atomic E-state index is 13.1. The van der Waals surface area contributed by atoms with Gasteiger partial charge in [0.1, 0.15) is 11.4 Å². The Labute approximate surface area is 192 Å². The van der Waals surface area contributed by atoms with Crippen molar-refractivity contribution >= 4 is 22.8 Å². The second-order valence-electron chi connectivity index (χ2n) is 8.90. The number of amides is 1. The van der Waals surface area contributed by atoms with Crippen molar-refractivity contribution in [2.45, 2.75) is 49.9 Å². The van der Waals surface area contributed by atoms with E-state index >= 15 is 0 Å². The maximum Gasteiger partial charge on any atom is 0.253 e. The van der Waals surface area contributed by atoms with E-state index in [4.69, 9.17) is 4.74 Å². The van der Waals surface area contributed by atoms with Gasteiger partial charge in [-0.15, -0.1) is 0 Å². The Balaban J connectivity index is 1.34. The molecule has 0 spiro atoms. The molecule has 1 saturated carbocycles. The standard InChI is InChI=1S/C25H28N4O4/c30-18-10-8-17(9-11-18)28-24-26-14-16-4-3-5-19(22(16)29-24)23(31)27-15-25(32)12-13-33-21-7-2-1-6-20(21)25/h1-7,14,17-18,30,32H,8-13,15H2,(H,27,31)(H,26,28,29). The molecule has 1 unspecified atom stereocenters. The van der Waals surface area contributed by atoms with Crippen molar-refractivity contribution in [1.82, 2.24) is 15.3 Å². The first-order valence-corrected chi connectivity index (χ1v) is 11.5. The molecule has 1 amide bonds. The minimum absolute atomic E-state index is 0.0726. The molecule has 0 radical (unpaired) electrons. The Morgan fingerprint density at radius 2 is 1.94 bits per heavy atom. The van der Waals surface area contributed by atoms with Gasteiger partial charge in [0.2, 0.25) is 5.95 Å². The normalized spacial score (nSPS) is 24.5. The number of benzene rings is 2. The first kappa shape index (κ1) is 21.6. The number of aromatic nitrogens is 2. The third-order valence-corrected chi connectivity index (χ3v) is 6.59. The van der Waals surface area contributed by atoms with Crippen LogP contribution in [0.3, 0.4) is 0 Å². The Morgan fingerprint density at radius 3 is 2.79 bits per heavy atom. The van der Waals surface area contributed by atoms with E-state index in [1.807, 2.05) is 30.3 Å². The molecule has 4 N–H and O–H groups in total. The molecule has 1 aliphatic heterocycles. The predicted molar refractivity (Wildman–Crippen MR) is 124 cm³/mol. The number of carbonyl (C=O) groups excluding carboxylic acids is 1.